The number of halogens is 1. The van der Waals surface area contributed by atoms with Gasteiger partial charge in [0.2, 0.25) is 5.91 Å². The predicted octanol–water partition coefficient (Wildman–Crippen LogP) is 5.49. The summed E-state index contributed by atoms with van der Waals surface area (Å²) in [6.07, 6.45) is 4.15. The number of ether oxygens (including phenoxy) is 3. The molecule has 1 N–H and O–H groups in total. The molecule has 1 saturated heterocycles. The lowest BCUT2D eigenvalue weighted by atomic mass is 9.86. The van der Waals surface area contributed by atoms with E-state index in [1.165, 1.54) is 29.3 Å². The molecule has 0 bridgehead atoms. The second kappa shape index (κ2) is 15.2. The molecule has 12 heteroatoms. The van der Waals surface area contributed by atoms with Gasteiger partial charge in [0.05, 0.1) is 24.5 Å². The Morgan fingerprint density at radius 3 is 2.77 bits per heavy atom. The number of amides is 2. The monoisotopic (exact) mass is 673 g/mol. The first kappa shape index (κ1) is 33.5. The molecule has 2 aromatic heterocycles. The molecule has 1 aliphatic carbocycles. The average molecular weight is 674 g/mol. The number of nitrogens with one attached hydrogen (secondary N) is 1. The summed E-state index contributed by atoms with van der Waals surface area (Å²) in [7, 11) is 4.29. The number of carbonyl (C=O) groups is 2. The summed E-state index contributed by atoms with van der Waals surface area (Å²) in [6.45, 7) is 5.23. The van der Waals surface area contributed by atoms with E-state index in [0.29, 0.717) is 42.6 Å². The van der Waals surface area contributed by atoms with Gasteiger partial charge in [0.1, 0.15) is 35.7 Å². The number of thiophene rings is 1. The predicted molar refractivity (Wildman–Crippen MR) is 184 cm³/mol. The van der Waals surface area contributed by atoms with Crippen molar-refractivity contribution in [2.45, 2.75) is 37.8 Å². The van der Waals surface area contributed by atoms with Crippen molar-refractivity contribution >= 4 is 33.4 Å². The van der Waals surface area contributed by atoms with Crippen LogP contribution >= 0.6 is 11.3 Å². The topological polar surface area (TPSA) is 106 Å². The number of hydrogen-bond acceptors (Lipinski definition) is 9. The summed E-state index contributed by atoms with van der Waals surface area (Å²) in [5.41, 5.74) is 5.91. The van der Waals surface area contributed by atoms with Gasteiger partial charge in [-0.25, -0.2) is 9.18 Å². The molecule has 4 aromatic rings. The number of aryl methyl sites for hydroxylation is 1. The fourth-order valence-corrected chi connectivity index (χ4v) is 7.18. The number of aromatic nitrogens is 2. The van der Waals surface area contributed by atoms with Crippen LogP contribution in [0.15, 0.2) is 60.5 Å². The van der Waals surface area contributed by atoms with Gasteiger partial charge in [-0.05, 0) is 80.2 Å². The Balaban J connectivity index is 1.04. The third-order valence-corrected chi connectivity index (χ3v) is 9.82. The fourth-order valence-electron chi connectivity index (χ4n) is 6.29. The minimum absolute atomic E-state index is 0.166. The highest BCUT2D eigenvalue weighted by Gasteiger charge is 2.28. The number of rotatable bonds is 12. The number of fused-ring (bicyclic) bond motifs is 2. The van der Waals surface area contributed by atoms with E-state index in [4.69, 9.17) is 14.2 Å². The van der Waals surface area contributed by atoms with Gasteiger partial charge in [0.25, 0.3) is 0 Å². The van der Waals surface area contributed by atoms with Gasteiger partial charge in [-0.2, -0.15) is 0 Å². The summed E-state index contributed by atoms with van der Waals surface area (Å²) in [5.74, 6) is -0.247. The van der Waals surface area contributed by atoms with Crippen LogP contribution in [0.1, 0.15) is 24.0 Å². The standard InChI is InChI=1S/C36H40FN5O5S/c1-4-32(43)42-14-11-28(22-42)47-36(44)38-13-15-45-16-17-46-31-21-26(37)8-10-29(31)34-35-30(12-18-48-35)33(39-40-34)25-6-5-24-20-27(41(2)3)9-7-23(24)19-25/h4-6,8,10,12,18-19,21,27-28H,1,7,9,11,13-17,20,22H2,2-3H3,(H,38,44). The highest BCUT2D eigenvalue weighted by molar-refractivity contribution is 7.17. The van der Waals surface area contributed by atoms with Crippen LogP contribution in [0.4, 0.5) is 9.18 Å². The molecule has 10 nitrogen and oxygen atoms in total. The molecule has 48 heavy (non-hydrogen) atoms. The van der Waals surface area contributed by atoms with Crippen LogP contribution in [0.3, 0.4) is 0 Å². The molecule has 2 aliphatic rings. The van der Waals surface area contributed by atoms with Gasteiger partial charge in [-0.15, -0.1) is 21.5 Å². The molecule has 2 amide bonds. The largest absolute Gasteiger partial charge is 0.490 e. The zero-order valence-corrected chi connectivity index (χ0v) is 28.1. The maximum Gasteiger partial charge on any atom is 0.407 e. The molecule has 0 saturated carbocycles. The summed E-state index contributed by atoms with van der Waals surface area (Å²) in [4.78, 5) is 27.7. The van der Waals surface area contributed by atoms with Crippen molar-refractivity contribution in [2.24, 2.45) is 0 Å². The van der Waals surface area contributed by atoms with E-state index in [1.54, 1.807) is 22.3 Å². The zero-order valence-electron chi connectivity index (χ0n) is 27.2. The van der Waals surface area contributed by atoms with Crippen molar-refractivity contribution in [1.29, 1.82) is 0 Å². The molecule has 2 atom stereocenters. The Kier molecular flexibility index (Phi) is 10.6. The molecule has 6 rings (SSSR count). The Morgan fingerprint density at radius 2 is 1.94 bits per heavy atom. The highest BCUT2D eigenvalue weighted by atomic mass is 32.1. The van der Waals surface area contributed by atoms with Crippen molar-refractivity contribution in [3.63, 3.8) is 0 Å². The van der Waals surface area contributed by atoms with Crippen LogP contribution in [0, 0.1) is 5.82 Å². The highest BCUT2D eigenvalue weighted by Crippen LogP contribution is 2.40. The number of likely N-dealkylation sites (N-methyl/N-ethyl adjacent to an activating group) is 1. The first-order valence-corrected chi connectivity index (χ1v) is 17.1. The summed E-state index contributed by atoms with van der Waals surface area (Å²) in [5, 5.41) is 15.0. The molecule has 1 aliphatic heterocycles. The smallest absolute Gasteiger partial charge is 0.407 e. The van der Waals surface area contributed by atoms with Gasteiger partial charge in [0.15, 0.2) is 0 Å². The fraction of sp³-hybridized carbons (Fsp3) is 0.389. The first-order valence-electron chi connectivity index (χ1n) is 16.2. The van der Waals surface area contributed by atoms with Crippen LogP contribution < -0.4 is 10.1 Å². The maximum atomic E-state index is 14.4. The lowest BCUT2D eigenvalue weighted by molar-refractivity contribution is -0.125. The normalized spacial score (nSPS) is 17.4. The molecule has 252 valence electrons. The third-order valence-electron chi connectivity index (χ3n) is 8.90. The molecule has 3 heterocycles. The Labute approximate surface area is 283 Å². The quantitative estimate of drug-likeness (QED) is 0.156. The second-order valence-electron chi connectivity index (χ2n) is 12.2. The average Bonchev–Trinajstić information content (AvgIpc) is 3.77. The van der Waals surface area contributed by atoms with Crippen molar-refractivity contribution in [2.75, 3.05) is 53.6 Å². The molecule has 2 aromatic carbocycles. The van der Waals surface area contributed by atoms with Crippen molar-refractivity contribution in [1.82, 2.24) is 25.3 Å². The first-order chi connectivity index (χ1) is 23.3. The van der Waals surface area contributed by atoms with Crippen LogP contribution in [0.25, 0.3) is 32.6 Å². The van der Waals surface area contributed by atoms with Crippen molar-refractivity contribution < 1.29 is 28.2 Å². The molecule has 1 fully saturated rings. The molecular formula is C36H40FN5O5S. The number of carbonyl (C=O) groups excluding carboxylic acids is 2. The van der Waals surface area contributed by atoms with E-state index in [1.807, 2.05) is 5.38 Å². The second-order valence-corrected chi connectivity index (χ2v) is 13.2. The zero-order chi connectivity index (χ0) is 33.6. The number of benzene rings is 2. The summed E-state index contributed by atoms with van der Waals surface area (Å²) >= 11 is 1.57. The maximum absolute atomic E-state index is 14.4. The minimum Gasteiger partial charge on any atom is -0.490 e. The van der Waals surface area contributed by atoms with E-state index in [-0.39, 0.29) is 38.4 Å². The van der Waals surface area contributed by atoms with E-state index in [2.05, 4.69) is 65.4 Å². The van der Waals surface area contributed by atoms with Crippen LogP contribution in [-0.2, 0) is 27.1 Å². The number of likely N-dealkylation sites (tertiary alicyclic amines) is 1. The minimum atomic E-state index is -0.561. The lowest BCUT2D eigenvalue weighted by Crippen LogP contribution is -2.34. The van der Waals surface area contributed by atoms with Crippen molar-refractivity contribution in [3.05, 3.63) is 77.4 Å². The molecule has 2 unspecified atom stereocenters. The van der Waals surface area contributed by atoms with Crippen molar-refractivity contribution in [3.8, 4) is 28.3 Å². The van der Waals surface area contributed by atoms with Crippen LogP contribution in [0.5, 0.6) is 5.75 Å². The van der Waals surface area contributed by atoms with E-state index in [0.717, 1.165) is 40.6 Å². The Morgan fingerprint density at radius 1 is 1.08 bits per heavy atom. The van der Waals surface area contributed by atoms with Gasteiger partial charge in [-0.1, -0.05) is 18.7 Å². The van der Waals surface area contributed by atoms with E-state index in [9.17, 15) is 14.0 Å². The van der Waals surface area contributed by atoms with Gasteiger partial charge in [-0.3, -0.25) is 4.79 Å². The SMILES string of the molecule is C=CC(=O)N1CCC(OC(=O)NCCOCCOc2cc(F)ccc2-c2nnc(-c3ccc4c(c3)CCC(N(C)C)C4)c3ccsc23)C1. The number of hydrogen-bond donors (Lipinski definition) is 1. The summed E-state index contributed by atoms with van der Waals surface area (Å²) in [6, 6.07) is 13.6. The van der Waals surface area contributed by atoms with Crippen LogP contribution in [0.2, 0.25) is 0 Å². The van der Waals surface area contributed by atoms with Crippen LogP contribution in [-0.4, -0.2) is 97.7 Å². The summed E-state index contributed by atoms with van der Waals surface area (Å²) < 4.78 is 32.3. The van der Waals surface area contributed by atoms with Gasteiger partial charge >= 0.3 is 6.09 Å². The molecule has 0 spiro atoms. The Bertz CT molecular complexity index is 1800. The molecule has 0 radical (unpaired) electrons. The van der Waals surface area contributed by atoms with E-state index < -0.39 is 11.9 Å². The number of nitrogens with zero attached hydrogens (tertiary/aromatic N) is 4. The van der Waals surface area contributed by atoms with E-state index >= 15 is 0 Å². The Hall–Kier alpha value is -4.39. The lowest BCUT2D eigenvalue weighted by Gasteiger charge is -2.30. The molecular weight excluding hydrogens is 633 g/mol. The third kappa shape index (κ3) is 7.67. The number of alkyl carbamates (subject to hydrolysis) is 1. The van der Waals surface area contributed by atoms with Gasteiger partial charge < -0.3 is 29.3 Å². The van der Waals surface area contributed by atoms with Gasteiger partial charge in [0, 0.05) is 48.1 Å².